The maximum atomic E-state index is 12.9. The molecule has 2 aromatic rings. The van der Waals surface area contributed by atoms with Crippen molar-refractivity contribution in [3.05, 3.63) is 36.3 Å². The Hall–Kier alpha value is -2.24. The standard InChI is InChI=1S/C19H25N5O/c1-2-17-21-9-11-24(17)18-13-20-12-15(22-18)16-8-5-10-23(16)19(25)14-6-3-4-7-14/h9,11-14,16H,2-8,10H2,1H3/t16-/m0/s1. The number of likely N-dealkylation sites (tertiary alicyclic amines) is 1. The zero-order valence-electron chi connectivity index (χ0n) is 14.8. The van der Waals surface area contributed by atoms with E-state index in [1.165, 1.54) is 12.8 Å². The van der Waals surface area contributed by atoms with E-state index in [0.29, 0.717) is 5.91 Å². The minimum absolute atomic E-state index is 0.0640. The lowest BCUT2D eigenvalue weighted by Crippen LogP contribution is -2.35. The Morgan fingerprint density at radius 2 is 2.04 bits per heavy atom. The summed E-state index contributed by atoms with van der Waals surface area (Å²) in [5, 5.41) is 0. The van der Waals surface area contributed by atoms with Crippen LogP contribution in [-0.2, 0) is 11.2 Å². The van der Waals surface area contributed by atoms with Gasteiger partial charge in [0.2, 0.25) is 5.91 Å². The zero-order valence-corrected chi connectivity index (χ0v) is 14.8. The molecule has 1 saturated carbocycles. The van der Waals surface area contributed by atoms with Crippen LogP contribution in [0.1, 0.15) is 63.0 Å². The fourth-order valence-corrected chi connectivity index (χ4v) is 4.20. The molecule has 1 atom stereocenters. The number of rotatable bonds is 4. The van der Waals surface area contributed by atoms with Crippen LogP contribution in [-0.4, -0.2) is 36.9 Å². The van der Waals surface area contributed by atoms with E-state index >= 15 is 0 Å². The van der Waals surface area contributed by atoms with Crippen molar-refractivity contribution in [2.45, 2.75) is 57.9 Å². The lowest BCUT2D eigenvalue weighted by molar-refractivity contribution is -0.136. The molecule has 6 heteroatoms. The number of carbonyl (C=O) groups excluding carboxylic acids is 1. The lowest BCUT2D eigenvalue weighted by Gasteiger charge is -2.27. The third-order valence-corrected chi connectivity index (χ3v) is 5.50. The Labute approximate surface area is 148 Å². The first-order chi connectivity index (χ1) is 12.3. The number of amides is 1. The van der Waals surface area contributed by atoms with Crippen molar-refractivity contribution < 1.29 is 4.79 Å². The molecular weight excluding hydrogens is 314 g/mol. The van der Waals surface area contributed by atoms with Crippen molar-refractivity contribution in [3.63, 3.8) is 0 Å². The summed E-state index contributed by atoms with van der Waals surface area (Å²) in [6, 6.07) is 0.0640. The van der Waals surface area contributed by atoms with Gasteiger partial charge in [-0.05, 0) is 25.7 Å². The molecule has 132 valence electrons. The van der Waals surface area contributed by atoms with Crippen LogP contribution < -0.4 is 0 Å². The zero-order chi connectivity index (χ0) is 17.2. The van der Waals surface area contributed by atoms with Crippen LogP contribution in [0, 0.1) is 5.92 Å². The second-order valence-corrected chi connectivity index (χ2v) is 7.04. The van der Waals surface area contributed by atoms with E-state index in [4.69, 9.17) is 4.98 Å². The highest BCUT2D eigenvalue weighted by molar-refractivity contribution is 5.79. The van der Waals surface area contributed by atoms with Crippen molar-refractivity contribution in [1.29, 1.82) is 0 Å². The number of imidazole rings is 1. The summed E-state index contributed by atoms with van der Waals surface area (Å²) in [5.74, 6) is 2.30. The molecule has 1 amide bonds. The SMILES string of the molecule is CCc1nccn1-c1cncc([C@@H]2CCCN2C(=O)C2CCCC2)n1. The van der Waals surface area contributed by atoms with E-state index in [1.54, 1.807) is 12.4 Å². The molecule has 0 spiro atoms. The molecule has 0 bridgehead atoms. The first kappa shape index (κ1) is 16.2. The van der Waals surface area contributed by atoms with Crippen molar-refractivity contribution in [3.8, 4) is 5.82 Å². The van der Waals surface area contributed by atoms with Gasteiger partial charge in [-0.2, -0.15) is 0 Å². The van der Waals surface area contributed by atoms with E-state index in [-0.39, 0.29) is 12.0 Å². The summed E-state index contributed by atoms with van der Waals surface area (Å²) >= 11 is 0. The van der Waals surface area contributed by atoms with Gasteiger partial charge in [0.25, 0.3) is 0 Å². The predicted molar refractivity (Wildman–Crippen MR) is 94.2 cm³/mol. The van der Waals surface area contributed by atoms with Crippen LogP contribution in [0.5, 0.6) is 0 Å². The molecule has 2 fully saturated rings. The van der Waals surface area contributed by atoms with Gasteiger partial charge in [0, 0.05) is 31.3 Å². The molecule has 0 N–H and O–H groups in total. The molecular formula is C19H25N5O. The molecule has 1 aliphatic carbocycles. The average molecular weight is 339 g/mol. The van der Waals surface area contributed by atoms with Gasteiger partial charge in [-0.25, -0.2) is 9.97 Å². The summed E-state index contributed by atoms with van der Waals surface area (Å²) in [5.41, 5.74) is 0.900. The van der Waals surface area contributed by atoms with Crippen molar-refractivity contribution in [2.75, 3.05) is 6.54 Å². The molecule has 0 unspecified atom stereocenters. The molecule has 4 rings (SSSR count). The fraction of sp³-hybridized carbons (Fsp3) is 0.579. The van der Waals surface area contributed by atoms with E-state index in [2.05, 4.69) is 21.8 Å². The van der Waals surface area contributed by atoms with Gasteiger partial charge >= 0.3 is 0 Å². The molecule has 2 aromatic heterocycles. The minimum Gasteiger partial charge on any atom is -0.334 e. The number of aromatic nitrogens is 4. The highest BCUT2D eigenvalue weighted by atomic mass is 16.2. The van der Waals surface area contributed by atoms with E-state index in [1.807, 2.05) is 17.0 Å². The molecule has 0 aromatic carbocycles. The maximum absolute atomic E-state index is 12.9. The van der Waals surface area contributed by atoms with Gasteiger partial charge in [-0.1, -0.05) is 19.8 Å². The monoisotopic (exact) mass is 339 g/mol. The molecule has 1 aliphatic heterocycles. The predicted octanol–water partition coefficient (Wildman–Crippen LogP) is 3.08. The van der Waals surface area contributed by atoms with Crippen molar-refractivity contribution in [2.24, 2.45) is 5.92 Å². The largest absolute Gasteiger partial charge is 0.334 e. The molecule has 25 heavy (non-hydrogen) atoms. The number of carbonyl (C=O) groups is 1. The Bertz CT molecular complexity index is 750. The lowest BCUT2D eigenvalue weighted by atomic mass is 10.1. The number of aryl methyl sites for hydroxylation is 1. The quantitative estimate of drug-likeness (QED) is 0.859. The van der Waals surface area contributed by atoms with Gasteiger partial charge in [-0.15, -0.1) is 0 Å². The maximum Gasteiger partial charge on any atom is 0.226 e. The topological polar surface area (TPSA) is 63.9 Å². The Morgan fingerprint density at radius 3 is 2.84 bits per heavy atom. The van der Waals surface area contributed by atoms with Gasteiger partial charge in [0.1, 0.15) is 5.82 Å². The number of hydrogen-bond acceptors (Lipinski definition) is 4. The highest BCUT2D eigenvalue weighted by Crippen LogP contribution is 2.35. The fourth-order valence-electron chi connectivity index (χ4n) is 4.20. The van der Waals surface area contributed by atoms with Gasteiger partial charge < -0.3 is 4.90 Å². The number of nitrogens with zero attached hydrogens (tertiary/aromatic N) is 5. The summed E-state index contributed by atoms with van der Waals surface area (Å²) in [6.45, 7) is 2.92. The third kappa shape index (κ3) is 3.05. The van der Waals surface area contributed by atoms with Crippen LogP contribution in [0.2, 0.25) is 0 Å². The molecule has 3 heterocycles. The Balaban J connectivity index is 1.60. The van der Waals surface area contributed by atoms with Crippen LogP contribution in [0.3, 0.4) is 0 Å². The highest BCUT2D eigenvalue weighted by Gasteiger charge is 2.35. The second kappa shape index (κ2) is 6.94. The molecule has 2 aliphatic rings. The van der Waals surface area contributed by atoms with Crippen molar-refractivity contribution in [1.82, 2.24) is 24.4 Å². The van der Waals surface area contributed by atoms with Crippen LogP contribution in [0.4, 0.5) is 0 Å². The molecule has 1 saturated heterocycles. The normalized spacial score (nSPS) is 21.2. The van der Waals surface area contributed by atoms with Crippen molar-refractivity contribution >= 4 is 5.91 Å². The van der Waals surface area contributed by atoms with Crippen LogP contribution in [0.15, 0.2) is 24.8 Å². The first-order valence-corrected chi connectivity index (χ1v) is 9.43. The smallest absolute Gasteiger partial charge is 0.226 e. The Kier molecular flexibility index (Phi) is 4.51. The minimum atomic E-state index is 0.0640. The number of hydrogen-bond donors (Lipinski definition) is 0. The first-order valence-electron chi connectivity index (χ1n) is 9.43. The summed E-state index contributed by atoms with van der Waals surface area (Å²) < 4.78 is 1.98. The Morgan fingerprint density at radius 1 is 1.20 bits per heavy atom. The second-order valence-electron chi connectivity index (χ2n) is 7.04. The van der Waals surface area contributed by atoms with Crippen LogP contribution in [0.25, 0.3) is 5.82 Å². The van der Waals surface area contributed by atoms with E-state index in [9.17, 15) is 4.79 Å². The summed E-state index contributed by atoms with van der Waals surface area (Å²) in [6.07, 6.45) is 14.6. The van der Waals surface area contributed by atoms with Gasteiger partial charge in [0.05, 0.1) is 24.1 Å². The third-order valence-electron chi connectivity index (χ3n) is 5.50. The average Bonchev–Trinajstić information content (AvgIpc) is 3.42. The van der Waals surface area contributed by atoms with E-state index < -0.39 is 0 Å². The summed E-state index contributed by atoms with van der Waals surface area (Å²) in [4.78, 5) is 28.6. The van der Waals surface area contributed by atoms with E-state index in [0.717, 1.165) is 56.0 Å². The van der Waals surface area contributed by atoms with Gasteiger partial charge in [-0.3, -0.25) is 14.3 Å². The molecule has 0 radical (unpaired) electrons. The summed E-state index contributed by atoms with van der Waals surface area (Å²) in [7, 11) is 0. The van der Waals surface area contributed by atoms with Crippen LogP contribution >= 0.6 is 0 Å². The molecule has 6 nitrogen and oxygen atoms in total. The van der Waals surface area contributed by atoms with Gasteiger partial charge in [0.15, 0.2) is 5.82 Å².